The maximum Gasteiger partial charge on any atom is 0.335 e. The minimum atomic E-state index is -0.922. The number of fused-ring (bicyclic) bond motifs is 1. The lowest BCUT2D eigenvalue weighted by Crippen LogP contribution is -2.06. The van der Waals surface area contributed by atoms with Crippen molar-refractivity contribution in [2.75, 3.05) is 0 Å². The van der Waals surface area contributed by atoms with Crippen LogP contribution in [0.15, 0.2) is 36.5 Å². The second-order valence-corrected chi connectivity index (χ2v) is 6.15. The highest BCUT2D eigenvalue weighted by Gasteiger charge is 2.13. The number of carboxylic acids is 1. The van der Waals surface area contributed by atoms with Gasteiger partial charge in [0.05, 0.1) is 17.1 Å². The van der Waals surface area contributed by atoms with Gasteiger partial charge in [-0.15, -0.1) is 0 Å². The summed E-state index contributed by atoms with van der Waals surface area (Å²) in [6.07, 6.45) is 4.64. The monoisotopic (exact) mass is 343 g/mol. The number of hydrogen-bond donors (Lipinski definition) is 1. The molecule has 0 atom stereocenters. The molecule has 0 aliphatic heterocycles. The Labute approximate surface area is 144 Å². The lowest BCUT2D eigenvalue weighted by molar-refractivity contribution is 0.0697. The highest BCUT2D eigenvalue weighted by atomic mass is 35.5. The maximum absolute atomic E-state index is 11.0. The number of carboxylic acid groups (broad SMARTS) is 1. The number of unbranched alkanes of at least 4 members (excludes halogenated alkanes) is 1. The third-order valence-electron chi connectivity index (χ3n) is 3.93. The van der Waals surface area contributed by atoms with Crippen molar-refractivity contribution in [2.45, 2.75) is 32.7 Å². The third kappa shape index (κ3) is 3.41. The van der Waals surface area contributed by atoms with Crippen LogP contribution in [0.2, 0.25) is 5.02 Å². The molecule has 0 amide bonds. The molecule has 0 fully saturated rings. The number of hydrogen-bond acceptors (Lipinski definition) is 3. The summed E-state index contributed by atoms with van der Waals surface area (Å²) >= 11 is 6.02. The van der Waals surface area contributed by atoms with Crippen LogP contribution in [0.4, 0.5) is 0 Å². The molecule has 1 aromatic carbocycles. The van der Waals surface area contributed by atoms with Crippen LogP contribution in [0.3, 0.4) is 0 Å². The molecule has 5 nitrogen and oxygen atoms in total. The van der Waals surface area contributed by atoms with Crippen LogP contribution in [-0.4, -0.2) is 25.6 Å². The largest absolute Gasteiger partial charge is 0.478 e. The quantitative estimate of drug-likeness (QED) is 0.729. The van der Waals surface area contributed by atoms with Crippen LogP contribution in [0.25, 0.3) is 11.2 Å². The molecule has 0 unspecified atom stereocenters. The van der Waals surface area contributed by atoms with Gasteiger partial charge in [-0.3, -0.25) is 0 Å². The molecule has 24 heavy (non-hydrogen) atoms. The van der Waals surface area contributed by atoms with E-state index in [-0.39, 0.29) is 5.56 Å². The molecule has 2 aromatic heterocycles. The van der Waals surface area contributed by atoms with Crippen LogP contribution >= 0.6 is 11.6 Å². The molecule has 0 radical (unpaired) electrons. The van der Waals surface area contributed by atoms with Gasteiger partial charge in [-0.25, -0.2) is 14.8 Å². The molecule has 0 aliphatic rings. The normalized spacial score (nSPS) is 11.1. The van der Waals surface area contributed by atoms with E-state index in [0.717, 1.165) is 41.8 Å². The Kier molecular flexibility index (Phi) is 4.81. The van der Waals surface area contributed by atoms with Crippen molar-refractivity contribution in [1.82, 2.24) is 14.5 Å². The standard InChI is InChI=1S/C18H18ClN3O2/c1-2-3-4-16-21-15-9-14(19)10-20-17(15)22(16)11-12-5-7-13(8-6-12)18(23)24/h5-10H,2-4,11H2,1H3,(H,23,24). The molecule has 6 heteroatoms. The Morgan fingerprint density at radius 2 is 2.04 bits per heavy atom. The Morgan fingerprint density at radius 1 is 1.29 bits per heavy atom. The summed E-state index contributed by atoms with van der Waals surface area (Å²) in [5.41, 5.74) is 2.88. The lowest BCUT2D eigenvalue weighted by Gasteiger charge is -2.09. The fourth-order valence-corrected chi connectivity index (χ4v) is 2.81. The van der Waals surface area contributed by atoms with Gasteiger partial charge in [-0.2, -0.15) is 0 Å². The molecule has 0 aliphatic carbocycles. The number of aromatic carboxylic acids is 1. The maximum atomic E-state index is 11.0. The summed E-state index contributed by atoms with van der Waals surface area (Å²) in [5, 5.41) is 9.57. The summed E-state index contributed by atoms with van der Waals surface area (Å²) in [6, 6.07) is 8.71. The van der Waals surface area contributed by atoms with Gasteiger partial charge >= 0.3 is 5.97 Å². The van der Waals surface area contributed by atoms with Gasteiger partial charge in [-0.1, -0.05) is 37.1 Å². The fourth-order valence-electron chi connectivity index (χ4n) is 2.66. The van der Waals surface area contributed by atoms with Gasteiger partial charge in [0.1, 0.15) is 11.3 Å². The predicted octanol–water partition coefficient (Wildman–Crippen LogP) is 4.17. The van der Waals surface area contributed by atoms with Crippen LogP contribution < -0.4 is 0 Å². The topological polar surface area (TPSA) is 68.0 Å². The number of carbonyl (C=O) groups is 1. The van der Waals surface area contributed by atoms with Gasteiger partial charge in [0.25, 0.3) is 0 Å². The van der Waals surface area contributed by atoms with E-state index < -0.39 is 5.97 Å². The first-order valence-corrected chi connectivity index (χ1v) is 8.29. The second-order valence-electron chi connectivity index (χ2n) is 5.72. The fraction of sp³-hybridized carbons (Fsp3) is 0.278. The van der Waals surface area contributed by atoms with E-state index in [1.165, 1.54) is 0 Å². The van der Waals surface area contributed by atoms with Gasteiger partial charge < -0.3 is 9.67 Å². The summed E-state index contributed by atoms with van der Waals surface area (Å²) in [5.74, 6) is 0.0542. The zero-order chi connectivity index (χ0) is 17.1. The minimum Gasteiger partial charge on any atom is -0.478 e. The second kappa shape index (κ2) is 7.01. The summed E-state index contributed by atoms with van der Waals surface area (Å²) < 4.78 is 2.08. The number of pyridine rings is 1. The van der Waals surface area contributed by atoms with Crippen LogP contribution in [0.1, 0.15) is 41.5 Å². The van der Waals surface area contributed by atoms with Gasteiger partial charge in [0.15, 0.2) is 5.65 Å². The van der Waals surface area contributed by atoms with E-state index in [1.807, 2.05) is 18.2 Å². The number of aryl methyl sites for hydroxylation is 1. The van der Waals surface area contributed by atoms with E-state index in [9.17, 15) is 4.79 Å². The molecule has 2 heterocycles. The summed E-state index contributed by atoms with van der Waals surface area (Å²) in [7, 11) is 0. The molecular formula is C18H18ClN3O2. The molecule has 0 saturated carbocycles. The summed E-state index contributed by atoms with van der Waals surface area (Å²) in [6.45, 7) is 2.75. The number of benzene rings is 1. The van der Waals surface area contributed by atoms with Crippen molar-refractivity contribution in [1.29, 1.82) is 0 Å². The van der Waals surface area contributed by atoms with E-state index in [0.29, 0.717) is 11.6 Å². The molecule has 0 saturated heterocycles. The van der Waals surface area contributed by atoms with E-state index in [1.54, 1.807) is 18.3 Å². The average Bonchev–Trinajstić information content (AvgIpc) is 2.90. The molecular weight excluding hydrogens is 326 g/mol. The number of rotatable bonds is 6. The highest BCUT2D eigenvalue weighted by Crippen LogP contribution is 2.21. The van der Waals surface area contributed by atoms with E-state index in [2.05, 4.69) is 21.5 Å². The van der Waals surface area contributed by atoms with Crippen molar-refractivity contribution in [2.24, 2.45) is 0 Å². The predicted molar refractivity (Wildman–Crippen MR) is 93.7 cm³/mol. The Bertz CT molecular complexity index is 872. The lowest BCUT2D eigenvalue weighted by atomic mass is 10.1. The van der Waals surface area contributed by atoms with Gasteiger partial charge in [-0.05, 0) is 30.2 Å². The number of nitrogens with zero attached hydrogens (tertiary/aromatic N) is 3. The zero-order valence-corrected chi connectivity index (χ0v) is 14.1. The third-order valence-corrected chi connectivity index (χ3v) is 4.13. The Morgan fingerprint density at radius 3 is 2.71 bits per heavy atom. The SMILES string of the molecule is CCCCc1nc2cc(Cl)cnc2n1Cc1ccc(C(=O)O)cc1. The molecule has 3 aromatic rings. The van der Waals surface area contributed by atoms with Gasteiger partial charge in [0, 0.05) is 12.6 Å². The number of halogens is 1. The Hall–Kier alpha value is -2.40. The van der Waals surface area contributed by atoms with Crippen molar-refractivity contribution >= 4 is 28.7 Å². The number of imidazole rings is 1. The van der Waals surface area contributed by atoms with Crippen LogP contribution in [0, 0.1) is 0 Å². The molecule has 0 bridgehead atoms. The molecule has 1 N–H and O–H groups in total. The smallest absolute Gasteiger partial charge is 0.335 e. The van der Waals surface area contributed by atoms with Crippen molar-refractivity contribution in [3.63, 3.8) is 0 Å². The summed E-state index contributed by atoms with van der Waals surface area (Å²) in [4.78, 5) is 20.1. The van der Waals surface area contributed by atoms with Crippen LogP contribution in [0.5, 0.6) is 0 Å². The number of aromatic nitrogens is 3. The molecule has 0 spiro atoms. The minimum absolute atomic E-state index is 0.283. The van der Waals surface area contributed by atoms with E-state index in [4.69, 9.17) is 16.7 Å². The first-order chi connectivity index (χ1) is 11.6. The Balaban J connectivity index is 1.98. The molecule has 3 rings (SSSR count). The first-order valence-electron chi connectivity index (χ1n) is 7.91. The highest BCUT2D eigenvalue weighted by molar-refractivity contribution is 6.31. The van der Waals surface area contributed by atoms with Crippen molar-refractivity contribution in [3.05, 3.63) is 58.5 Å². The average molecular weight is 344 g/mol. The van der Waals surface area contributed by atoms with Gasteiger partial charge in [0.2, 0.25) is 0 Å². The van der Waals surface area contributed by atoms with Crippen LogP contribution in [-0.2, 0) is 13.0 Å². The van der Waals surface area contributed by atoms with E-state index >= 15 is 0 Å². The van der Waals surface area contributed by atoms with Crippen molar-refractivity contribution < 1.29 is 9.90 Å². The van der Waals surface area contributed by atoms with Crippen molar-refractivity contribution in [3.8, 4) is 0 Å². The molecule has 124 valence electrons. The zero-order valence-electron chi connectivity index (χ0n) is 13.4. The first kappa shape index (κ1) is 16.5.